The average Bonchev–Trinajstić information content (AvgIpc) is 2.88. The van der Waals surface area contributed by atoms with Gasteiger partial charge in [-0.25, -0.2) is 8.42 Å². The van der Waals surface area contributed by atoms with Crippen molar-refractivity contribution in [3.05, 3.63) is 83.9 Å². The minimum Gasteiger partial charge on any atom is -0.375 e. The molecule has 0 aliphatic carbocycles. The molecule has 1 atom stereocenters. The van der Waals surface area contributed by atoms with Gasteiger partial charge in [0, 0.05) is 6.04 Å². The number of amides is 2. The zero-order chi connectivity index (χ0) is 26.3. The third-order valence-corrected chi connectivity index (χ3v) is 7.70. The van der Waals surface area contributed by atoms with Crippen molar-refractivity contribution in [3.8, 4) is 0 Å². The first-order valence-electron chi connectivity index (χ1n) is 12.0. The molecule has 0 fully saturated rings. The summed E-state index contributed by atoms with van der Waals surface area (Å²) in [5.74, 6) is -0.548. The molecule has 3 aromatic carbocycles. The maximum Gasteiger partial charge on any atom is 0.253 e. The second kappa shape index (κ2) is 11.9. The fraction of sp³-hybridized carbons (Fsp3) is 0.286. The number of carbonyl (C=O) groups is 2. The number of para-hydroxylation sites is 1. The van der Waals surface area contributed by atoms with E-state index in [2.05, 4.69) is 16.0 Å². The summed E-state index contributed by atoms with van der Waals surface area (Å²) < 4.78 is 26.8. The summed E-state index contributed by atoms with van der Waals surface area (Å²) in [5, 5.41) is 8.63. The van der Waals surface area contributed by atoms with Crippen LogP contribution in [0.3, 0.4) is 0 Å². The van der Waals surface area contributed by atoms with E-state index in [9.17, 15) is 18.0 Å². The Bertz CT molecular complexity index is 1320. The molecule has 0 aliphatic rings. The predicted molar refractivity (Wildman–Crippen MR) is 143 cm³/mol. The van der Waals surface area contributed by atoms with Crippen LogP contribution in [0.15, 0.2) is 82.6 Å². The highest BCUT2D eigenvalue weighted by Gasteiger charge is 2.23. The number of rotatable bonds is 10. The van der Waals surface area contributed by atoms with Crippen molar-refractivity contribution in [2.75, 3.05) is 17.2 Å². The van der Waals surface area contributed by atoms with Crippen LogP contribution in [0, 0.1) is 0 Å². The third-order valence-electron chi connectivity index (χ3n) is 5.89. The molecule has 0 bridgehead atoms. The normalized spacial score (nSPS) is 12.1. The molecule has 3 aromatic rings. The first-order valence-corrected chi connectivity index (χ1v) is 13.5. The molecule has 7 nitrogen and oxygen atoms in total. The molecule has 190 valence electrons. The van der Waals surface area contributed by atoms with Crippen LogP contribution >= 0.6 is 0 Å². The summed E-state index contributed by atoms with van der Waals surface area (Å²) >= 11 is 0. The van der Waals surface area contributed by atoms with Gasteiger partial charge in [-0.05, 0) is 61.2 Å². The molecule has 1 unspecified atom stereocenters. The van der Waals surface area contributed by atoms with Crippen molar-refractivity contribution in [2.24, 2.45) is 0 Å². The minimum atomic E-state index is -3.81. The van der Waals surface area contributed by atoms with Gasteiger partial charge in [-0.15, -0.1) is 0 Å². The molecular weight excluding hydrogens is 474 g/mol. The molecule has 0 aromatic heterocycles. The maximum atomic E-state index is 13.4. The van der Waals surface area contributed by atoms with Crippen molar-refractivity contribution in [2.45, 2.75) is 55.9 Å². The molecule has 0 aliphatic heterocycles. The minimum absolute atomic E-state index is 0.00159. The Labute approximate surface area is 213 Å². The van der Waals surface area contributed by atoms with Gasteiger partial charge < -0.3 is 16.0 Å². The van der Waals surface area contributed by atoms with E-state index >= 15 is 0 Å². The summed E-state index contributed by atoms with van der Waals surface area (Å²) in [6.45, 7) is 7.69. The number of anilines is 2. The Balaban J connectivity index is 1.82. The lowest BCUT2D eigenvalue weighted by molar-refractivity contribution is -0.114. The average molecular weight is 508 g/mol. The molecule has 0 radical (unpaired) electrons. The van der Waals surface area contributed by atoms with E-state index in [1.165, 1.54) is 0 Å². The van der Waals surface area contributed by atoms with Crippen molar-refractivity contribution < 1.29 is 18.0 Å². The summed E-state index contributed by atoms with van der Waals surface area (Å²) in [6.07, 6.45) is 0.786. The van der Waals surface area contributed by atoms with Crippen LogP contribution in [0.2, 0.25) is 0 Å². The highest BCUT2D eigenvalue weighted by molar-refractivity contribution is 7.91. The number of hydrogen-bond donors (Lipinski definition) is 3. The zero-order valence-corrected chi connectivity index (χ0v) is 21.9. The Kier molecular flexibility index (Phi) is 8.88. The zero-order valence-electron chi connectivity index (χ0n) is 21.0. The highest BCUT2D eigenvalue weighted by Crippen LogP contribution is 2.31. The second-order valence-electron chi connectivity index (χ2n) is 8.96. The van der Waals surface area contributed by atoms with E-state index in [0.29, 0.717) is 16.9 Å². The lowest BCUT2D eigenvalue weighted by Gasteiger charge is -2.17. The summed E-state index contributed by atoms with van der Waals surface area (Å²) in [5.41, 5.74) is 1.96. The predicted octanol–water partition coefficient (Wildman–Crippen LogP) is 5.22. The fourth-order valence-electron chi connectivity index (χ4n) is 3.56. The Morgan fingerprint density at radius 1 is 0.861 bits per heavy atom. The van der Waals surface area contributed by atoms with E-state index < -0.39 is 15.7 Å². The van der Waals surface area contributed by atoms with Crippen LogP contribution < -0.4 is 16.0 Å². The lowest BCUT2D eigenvalue weighted by Crippen LogP contribution is -2.33. The van der Waals surface area contributed by atoms with Gasteiger partial charge >= 0.3 is 0 Å². The van der Waals surface area contributed by atoms with Gasteiger partial charge in [-0.2, -0.15) is 0 Å². The van der Waals surface area contributed by atoms with E-state index in [4.69, 9.17) is 0 Å². The van der Waals surface area contributed by atoms with Gasteiger partial charge in [0.05, 0.1) is 33.3 Å². The van der Waals surface area contributed by atoms with Gasteiger partial charge in [0.25, 0.3) is 5.91 Å². The molecule has 36 heavy (non-hydrogen) atoms. The van der Waals surface area contributed by atoms with Crippen LogP contribution in [-0.4, -0.2) is 32.8 Å². The van der Waals surface area contributed by atoms with Gasteiger partial charge in [0.2, 0.25) is 15.7 Å². The first-order chi connectivity index (χ1) is 17.1. The molecular formula is C28H33N3O4S. The standard InChI is InChI=1S/C28H33N3O4S/c1-5-20(4)30-28(33)23-13-9-10-14-24(23)31-27(32)18-29-25-16-15-21(19(2)3)17-26(25)36(34,35)22-11-7-6-8-12-22/h6-17,19-20,29H,5,18H2,1-4H3,(H,30,33)(H,31,32). The van der Waals surface area contributed by atoms with Crippen LogP contribution in [0.25, 0.3) is 0 Å². The molecule has 2 amide bonds. The smallest absolute Gasteiger partial charge is 0.253 e. The summed E-state index contributed by atoms with van der Waals surface area (Å²) in [6, 6.07) is 20.2. The number of sulfone groups is 1. The van der Waals surface area contributed by atoms with Gasteiger partial charge in [-0.3, -0.25) is 9.59 Å². The van der Waals surface area contributed by atoms with Gasteiger partial charge in [0.1, 0.15) is 0 Å². The molecule has 3 rings (SSSR count). The quantitative estimate of drug-likeness (QED) is 0.349. The van der Waals surface area contributed by atoms with Crippen LogP contribution in [-0.2, 0) is 14.6 Å². The monoisotopic (exact) mass is 507 g/mol. The van der Waals surface area contributed by atoms with Crippen molar-refractivity contribution in [3.63, 3.8) is 0 Å². The number of nitrogens with one attached hydrogen (secondary N) is 3. The van der Waals surface area contributed by atoms with Gasteiger partial charge in [0.15, 0.2) is 0 Å². The summed E-state index contributed by atoms with van der Waals surface area (Å²) in [4.78, 5) is 25.7. The SMILES string of the molecule is CCC(C)NC(=O)c1ccccc1NC(=O)CNc1ccc(C(C)C)cc1S(=O)(=O)c1ccccc1. The molecule has 0 heterocycles. The van der Waals surface area contributed by atoms with Gasteiger partial charge in [-0.1, -0.05) is 57.2 Å². The lowest BCUT2D eigenvalue weighted by atomic mass is 10.0. The topological polar surface area (TPSA) is 104 Å². The first kappa shape index (κ1) is 26.9. The van der Waals surface area contributed by atoms with E-state index in [0.717, 1.165) is 12.0 Å². The number of benzene rings is 3. The van der Waals surface area contributed by atoms with Crippen molar-refractivity contribution in [1.82, 2.24) is 5.32 Å². The maximum absolute atomic E-state index is 13.4. The van der Waals surface area contributed by atoms with Crippen molar-refractivity contribution >= 4 is 33.0 Å². The molecule has 8 heteroatoms. The Morgan fingerprint density at radius 3 is 2.19 bits per heavy atom. The van der Waals surface area contributed by atoms with Crippen LogP contribution in [0.5, 0.6) is 0 Å². The molecule has 0 saturated heterocycles. The largest absolute Gasteiger partial charge is 0.375 e. The third kappa shape index (κ3) is 6.51. The van der Waals surface area contributed by atoms with E-state index in [1.807, 2.05) is 33.8 Å². The molecule has 3 N–H and O–H groups in total. The van der Waals surface area contributed by atoms with E-state index in [1.54, 1.807) is 66.7 Å². The van der Waals surface area contributed by atoms with E-state index in [-0.39, 0.29) is 34.2 Å². The second-order valence-corrected chi connectivity index (χ2v) is 10.9. The van der Waals surface area contributed by atoms with Crippen LogP contribution in [0.4, 0.5) is 11.4 Å². The summed E-state index contributed by atoms with van der Waals surface area (Å²) in [7, 11) is -3.81. The Hall–Kier alpha value is -3.65. The number of hydrogen-bond acceptors (Lipinski definition) is 5. The number of carbonyl (C=O) groups excluding carboxylic acids is 2. The van der Waals surface area contributed by atoms with Crippen LogP contribution in [0.1, 0.15) is 56.0 Å². The van der Waals surface area contributed by atoms with Crippen molar-refractivity contribution in [1.29, 1.82) is 0 Å². The fourth-order valence-corrected chi connectivity index (χ4v) is 5.05. The molecule has 0 spiro atoms. The highest BCUT2D eigenvalue weighted by atomic mass is 32.2. The Morgan fingerprint density at radius 2 is 1.53 bits per heavy atom. The molecule has 0 saturated carbocycles.